The fourth-order valence-electron chi connectivity index (χ4n) is 1.67. The number of hydrogen-bond donors (Lipinski definition) is 1. The Hall–Kier alpha value is -1.96. The summed E-state index contributed by atoms with van der Waals surface area (Å²) < 4.78 is 5.64. The molecule has 2 nitrogen and oxygen atoms in total. The van der Waals surface area contributed by atoms with Crippen LogP contribution in [0.4, 0.5) is 5.69 Å². The predicted molar refractivity (Wildman–Crippen MR) is 65.4 cm³/mol. The molecule has 0 aliphatic rings. The van der Waals surface area contributed by atoms with Crippen molar-refractivity contribution in [2.24, 2.45) is 0 Å². The molecule has 0 saturated heterocycles. The molecule has 0 aliphatic heterocycles. The number of nitrogen functional groups attached to an aromatic ring is 1. The van der Waals surface area contributed by atoms with E-state index in [9.17, 15) is 0 Å². The number of fused-ring (bicyclic) bond motifs is 1. The molecule has 1 aromatic heterocycles. The van der Waals surface area contributed by atoms with Gasteiger partial charge in [0.25, 0.3) is 0 Å². The lowest BCUT2D eigenvalue weighted by molar-refractivity contribution is 0.605. The highest BCUT2D eigenvalue weighted by molar-refractivity contribution is 5.96. The van der Waals surface area contributed by atoms with E-state index in [0.29, 0.717) is 5.69 Å². The van der Waals surface area contributed by atoms with Crippen molar-refractivity contribution in [3.05, 3.63) is 42.2 Å². The summed E-state index contributed by atoms with van der Waals surface area (Å²) in [6.45, 7) is 5.70. The van der Waals surface area contributed by atoms with E-state index < -0.39 is 0 Å². The van der Waals surface area contributed by atoms with Gasteiger partial charge >= 0.3 is 0 Å². The number of rotatable bonds is 2. The minimum atomic E-state index is 0.659. The zero-order chi connectivity index (χ0) is 10.8. The standard InChI is InChI=1S/C13H13NO/c1-3-6-9-10-7-5-8-11(14)13(10)15-12(9)4-2/h3-8H,2,14H2,1H3/b6-3-. The fraction of sp³-hybridized carbons (Fsp3) is 0.0769. The molecule has 1 aromatic carbocycles. The summed E-state index contributed by atoms with van der Waals surface area (Å²) in [5.41, 5.74) is 8.27. The molecule has 0 spiro atoms. The number of anilines is 1. The third-order valence-electron chi connectivity index (χ3n) is 2.33. The Labute approximate surface area is 88.7 Å². The van der Waals surface area contributed by atoms with Crippen LogP contribution in [-0.4, -0.2) is 0 Å². The van der Waals surface area contributed by atoms with E-state index in [2.05, 4.69) is 6.58 Å². The van der Waals surface area contributed by atoms with Gasteiger partial charge in [-0.2, -0.15) is 0 Å². The third kappa shape index (κ3) is 1.44. The van der Waals surface area contributed by atoms with Crippen LogP contribution in [0.15, 0.2) is 35.3 Å². The van der Waals surface area contributed by atoms with Gasteiger partial charge < -0.3 is 10.2 Å². The molecule has 2 heteroatoms. The monoisotopic (exact) mass is 199 g/mol. The zero-order valence-electron chi connectivity index (χ0n) is 8.66. The van der Waals surface area contributed by atoms with Crippen LogP contribution in [0.5, 0.6) is 0 Å². The Balaban J connectivity index is 2.85. The predicted octanol–water partition coefficient (Wildman–Crippen LogP) is 3.69. The van der Waals surface area contributed by atoms with E-state index >= 15 is 0 Å². The van der Waals surface area contributed by atoms with Crippen LogP contribution < -0.4 is 5.73 Å². The molecule has 0 fully saturated rings. The van der Waals surface area contributed by atoms with Gasteiger partial charge in [0.05, 0.1) is 5.69 Å². The van der Waals surface area contributed by atoms with E-state index in [4.69, 9.17) is 10.2 Å². The van der Waals surface area contributed by atoms with E-state index in [1.54, 1.807) is 6.08 Å². The third-order valence-corrected chi connectivity index (χ3v) is 2.33. The van der Waals surface area contributed by atoms with Crippen LogP contribution in [0.1, 0.15) is 18.2 Å². The zero-order valence-corrected chi connectivity index (χ0v) is 8.66. The van der Waals surface area contributed by atoms with Gasteiger partial charge in [-0.25, -0.2) is 0 Å². The minimum Gasteiger partial charge on any atom is -0.454 e. The maximum atomic E-state index is 5.84. The molecule has 2 rings (SSSR count). The molecule has 0 amide bonds. The van der Waals surface area contributed by atoms with Gasteiger partial charge in [0.15, 0.2) is 5.58 Å². The second-order valence-corrected chi connectivity index (χ2v) is 3.31. The van der Waals surface area contributed by atoms with Crippen LogP contribution in [0.25, 0.3) is 23.1 Å². The van der Waals surface area contributed by atoms with Crippen LogP contribution in [0, 0.1) is 0 Å². The lowest BCUT2D eigenvalue weighted by Crippen LogP contribution is -1.83. The topological polar surface area (TPSA) is 39.2 Å². The average Bonchev–Trinajstić information content (AvgIpc) is 2.59. The van der Waals surface area contributed by atoms with Gasteiger partial charge in [-0.15, -0.1) is 0 Å². The summed E-state index contributed by atoms with van der Waals surface area (Å²) in [5.74, 6) is 0.765. The van der Waals surface area contributed by atoms with Crippen molar-refractivity contribution in [1.82, 2.24) is 0 Å². The Morgan fingerprint density at radius 2 is 2.20 bits per heavy atom. The van der Waals surface area contributed by atoms with E-state index in [0.717, 1.165) is 22.3 Å². The molecule has 0 atom stereocenters. The summed E-state index contributed by atoms with van der Waals surface area (Å²) in [7, 11) is 0. The number of hydrogen-bond acceptors (Lipinski definition) is 2. The molecule has 76 valence electrons. The molecule has 0 aliphatic carbocycles. The van der Waals surface area contributed by atoms with Gasteiger partial charge in [-0.05, 0) is 19.1 Å². The molecule has 0 unspecified atom stereocenters. The minimum absolute atomic E-state index is 0.659. The Kier molecular flexibility index (Phi) is 2.34. The number of benzene rings is 1. The van der Waals surface area contributed by atoms with E-state index in [1.165, 1.54) is 0 Å². The molecule has 1 heterocycles. The quantitative estimate of drug-likeness (QED) is 0.749. The first-order chi connectivity index (χ1) is 7.27. The number of allylic oxidation sites excluding steroid dienone is 1. The van der Waals surface area contributed by atoms with Gasteiger partial charge in [0.1, 0.15) is 5.76 Å². The largest absolute Gasteiger partial charge is 0.454 e. The van der Waals surface area contributed by atoms with Crippen molar-refractivity contribution < 1.29 is 4.42 Å². The summed E-state index contributed by atoms with van der Waals surface area (Å²) in [6, 6.07) is 5.75. The summed E-state index contributed by atoms with van der Waals surface area (Å²) in [4.78, 5) is 0. The number of furan rings is 1. The Morgan fingerprint density at radius 3 is 2.87 bits per heavy atom. The first-order valence-corrected chi connectivity index (χ1v) is 4.84. The normalized spacial score (nSPS) is 11.3. The molecule has 0 saturated carbocycles. The Bertz CT molecular complexity index is 535. The number of para-hydroxylation sites is 1. The van der Waals surface area contributed by atoms with Crippen molar-refractivity contribution >= 4 is 28.8 Å². The van der Waals surface area contributed by atoms with Crippen molar-refractivity contribution in [2.75, 3.05) is 5.73 Å². The lowest BCUT2D eigenvalue weighted by Gasteiger charge is -1.93. The SMILES string of the molecule is C=Cc1oc2c(N)cccc2c1/C=C\C. The van der Waals surface area contributed by atoms with Crippen molar-refractivity contribution in [1.29, 1.82) is 0 Å². The van der Waals surface area contributed by atoms with Gasteiger partial charge in [0, 0.05) is 10.9 Å². The van der Waals surface area contributed by atoms with Crippen LogP contribution >= 0.6 is 0 Å². The first-order valence-electron chi connectivity index (χ1n) is 4.84. The second-order valence-electron chi connectivity index (χ2n) is 3.31. The van der Waals surface area contributed by atoms with Crippen LogP contribution in [-0.2, 0) is 0 Å². The highest BCUT2D eigenvalue weighted by atomic mass is 16.3. The molecule has 0 bridgehead atoms. The molecular weight excluding hydrogens is 186 g/mol. The van der Waals surface area contributed by atoms with Gasteiger partial charge in [-0.1, -0.05) is 30.9 Å². The van der Waals surface area contributed by atoms with Crippen molar-refractivity contribution in [3.8, 4) is 0 Å². The van der Waals surface area contributed by atoms with Gasteiger partial charge in [0.2, 0.25) is 0 Å². The summed E-state index contributed by atoms with van der Waals surface area (Å²) in [6.07, 6.45) is 5.68. The molecular formula is C13H13NO. The van der Waals surface area contributed by atoms with Crippen LogP contribution in [0.2, 0.25) is 0 Å². The second kappa shape index (κ2) is 3.65. The van der Waals surface area contributed by atoms with Crippen molar-refractivity contribution in [2.45, 2.75) is 6.92 Å². The molecule has 2 aromatic rings. The Morgan fingerprint density at radius 1 is 1.40 bits per heavy atom. The van der Waals surface area contributed by atoms with E-state index in [1.807, 2.05) is 37.3 Å². The summed E-state index contributed by atoms with van der Waals surface area (Å²) in [5, 5.41) is 1.03. The number of nitrogens with two attached hydrogens (primary N) is 1. The fourth-order valence-corrected chi connectivity index (χ4v) is 1.67. The maximum Gasteiger partial charge on any atom is 0.158 e. The molecule has 2 N–H and O–H groups in total. The highest BCUT2D eigenvalue weighted by Crippen LogP contribution is 2.31. The van der Waals surface area contributed by atoms with Gasteiger partial charge in [-0.3, -0.25) is 0 Å². The first kappa shape index (κ1) is 9.59. The summed E-state index contributed by atoms with van der Waals surface area (Å²) >= 11 is 0. The van der Waals surface area contributed by atoms with Crippen molar-refractivity contribution in [3.63, 3.8) is 0 Å². The maximum absolute atomic E-state index is 5.84. The molecule has 0 radical (unpaired) electrons. The molecule has 15 heavy (non-hydrogen) atoms. The smallest absolute Gasteiger partial charge is 0.158 e. The van der Waals surface area contributed by atoms with Crippen LogP contribution in [0.3, 0.4) is 0 Å². The van der Waals surface area contributed by atoms with E-state index in [-0.39, 0.29) is 0 Å². The lowest BCUT2D eigenvalue weighted by atomic mass is 10.1. The highest BCUT2D eigenvalue weighted by Gasteiger charge is 2.10. The average molecular weight is 199 g/mol.